The van der Waals surface area contributed by atoms with E-state index in [1.807, 2.05) is 0 Å². The lowest BCUT2D eigenvalue weighted by atomic mass is 10.0. The molecule has 1 amide bonds. The Morgan fingerprint density at radius 2 is 2.38 bits per heavy atom. The van der Waals surface area contributed by atoms with Crippen molar-refractivity contribution in [3.63, 3.8) is 0 Å². The summed E-state index contributed by atoms with van der Waals surface area (Å²) in [5, 5.41) is 11.4. The highest BCUT2D eigenvalue weighted by molar-refractivity contribution is 6.21. The largest absolute Gasteiger partial charge is 0.478 e. The average Bonchev–Trinajstić information content (AvgIpc) is 2.41. The summed E-state index contributed by atoms with van der Waals surface area (Å²) < 4.78 is 0. The minimum atomic E-state index is -0.988. The molecule has 0 saturated carbocycles. The molecule has 2 rings (SSSR count). The van der Waals surface area contributed by atoms with Gasteiger partial charge in [0.25, 0.3) is 0 Å². The summed E-state index contributed by atoms with van der Waals surface area (Å²) in [6.45, 7) is 1.70. The molecule has 5 heteroatoms. The predicted octanol–water partition coefficient (Wildman–Crippen LogP) is -0.312. The van der Waals surface area contributed by atoms with Crippen molar-refractivity contribution in [1.82, 2.24) is 5.32 Å². The first kappa shape index (κ1) is 7.97. The number of hydrogen-bond acceptors (Lipinski definition) is 3. The summed E-state index contributed by atoms with van der Waals surface area (Å²) in [6.07, 6.45) is 0.144. The summed E-state index contributed by atoms with van der Waals surface area (Å²) in [6, 6.07) is -0.344. The fourth-order valence-electron chi connectivity index (χ4n) is 1.65. The summed E-state index contributed by atoms with van der Waals surface area (Å²) in [4.78, 5) is 25.7. The molecule has 0 spiro atoms. The first-order valence-corrected chi connectivity index (χ1v) is 3.94. The second-order valence-electron chi connectivity index (χ2n) is 3.08. The van der Waals surface area contributed by atoms with E-state index in [-0.39, 0.29) is 23.9 Å². The highest BCUT2D eigenvalue weighted by Crippen LogP contribution is 2.26. The van der Waals surface area contributed by atoms with Crippen molar-refractivity contribution in [2.45, 2.75) is 19.4 Å². The lowest BCUT2D eigenvalue weighted by molar-refractivity contribution is -0.132. The van der Waals surface area contributed by atoms with Crippen LogP contribution in [0.2, 0.25) is 0 Å². The molecule has 0 radical (unpaired) electrons. The predicted molar refractivity (Wildman–Crippen MR) is 44.3 cm³/mol. The number of amidine groups is 1. The van der Waals surface area contributed by atoms with Gasteiger partial charge < -0.3 is 10.4 Å². The van der Waals surface area contributed by atoms with Crippen LogP contribution in [0.25, 0.3) is 0 Å². The fourth-order valence-corrected chi connectivity index (χ4v) is 1.65. The topological polar surface area (TPSA) is 78.8 Å². The van der Waals surface area contributed by atoms with E-state index in [1.54, 1.807) is 6.92 Å². The Morgan fingerprint density at radius 3 is 3.00 bits per heavy atom. The monoisotopic (exact) mass is 180 g/mol. The van der Waals surface area contributed by atoms with Gasteiger partial charge in [0.1, 0.15) is 5.84 Å². The van der Waals surface area contributed by atoms with Crippen molar-refractivity contribution in [3.05, 3.63) is 11.1 Å². The van der Waals surface area contributed by atoms with Gasteiger partial charge in [0, 0.05) is 5.57 Å². The Hall–Kier alpha value is -1.65. The molecule has 1 fully saturated rings. The number of nitrogens with one attached hydrogen (secondary N) is 1. The smallest absolute Gasteiger partial charge is 0.334 e. The molecule has 68 valence electrons. The van der Waals surface area contributed by atoms with Gasteiger partial charge in [-0.15, -0.1) is 0 Å². The third kappa shape index (κ3) is 1.04. The molecule has 2 heterocycles. The molecule has 1 saturated heterocycles. The van der Waals surface area contributed by atoms with Crippen LogP contribution >= 0.6 is 0 Å². The zero-order valence-corrected chi connectivity index (χ0v) is 7.00. The number of carboxylic acid groups (broad SMARTS) is 1. The Bertz CT molecular complexity index is 368. The second-order valence-corrected chi connectivity index (χ2v) is 3.08. The van der Waals surface area contributed by atoms with Gasteiger partial charge in [-0.1, -0.05) is 0 Å². The minimum Gasteiger partial charge on any atom is -0.478 e. The zero-order valence-electron chi connectivity index (χ0n) is 7.00. The third-order valence-electron chi connectivity index (χ3n) is 2.18. The van der Waals surface area contributed by atoms with Crippen molar-refractivity contribution in [2.75, 3.05) is 0 Å². The van der Waals surface area contributed by atoms with Gasteiger partial charge in [0.15, 0.2) is 0 Å². The zero-order chi connectivity index (χ0) is 9.59. The molecule has 0 aromatic rings. The first-order chi connectivity index (χ1) is 6.09. The summed E-state index contributed by atoms with van der Waals surface area (Å²) in [5.41, 5.74) is 0.790. The molecule has 1 atom stereocenters. The standard InChI is InChI=1S/C8H8N2O3/c1-3-6(8(12)13)4-2-5(11)10-7(4)9-3/h3H,2H2,1H3,(H,12,13)(H,9,10,11). The van der Waals surface area contributed by atoms with E-state index in [9.17, 15) is 9.59 Å². The van der Waals surface area contributed by atoms with Gasteiger partial charge in [-0.05, 0) is 6.92 Å². The number of fused-ring (bicyclic) bond motifs is 1. The highest BCUT2D eigenvalue weighted by atomic mass is 16.4. The van der Waals surface area contributed by atoms with Gasteiger partial charge in [-0.3, -0.25) is 9.79 Å². The van der Waals surface area contributed by atoms with E-state index >= 15 is 0 Å². The maximum Gasteiger partial charge on any atom is 0.334 e. The van der Waals surface area contributed by atoms with Crippen LogP contribution in [0.3, 0.4) is 0 Å². The quantitative estimate of drug-likeness (QED) is 0.580. The molecular formula is C8H8N2O3. The maximum absolute atomic E-state index is 10.9. The van der Waals surface area contributed by atoms with Crippen LogP contribution in [0.4, 0.5) is 0 Å². The van der Waals surface area contributed by atoms with Crippen molar-refractivity contribution >= 4 is 17.7 Å². The molecule has 5 nitrogen and oxygen atoms in total. The van der Waals surface area contributed by atoms with Crippen LogP contribution in [0.5, 0.6) is 0 Å². The minimum absolute atomic E-state index is 0.144. The van der Waals surface area contributed by atoms with Gasteiger partial charge in [0.05, 0.1) is 18.0 Å². The second kappa shape index (κ2) is 2.42. The first-order valence-electron chi connectivity index (χ1n) is 3.94. The van der Waals surface area contributed by atoms with Crippen molar-refractivity contribution in [3.8, 4) is 0 Å². The van der Waals surface area contributed by atoms with Crippen LogP contribution in [-0.4, -0.2) is 28.9 Å². The molecule has 0 aromatic heterocycles. The Balaban J connectivity index is 2.46. The molecule has 0 aliphatic carbocycles. The lowest BCUT2D eigenvalue weighted by Gasteiger charge is -2.01. The number of amides is 1. The van der Waals surface area contributed by atoms with Gasteiger partial charge in [-0.2, -0.15) is 0 Å². The molecule has 13 heavy (non-hydrogen) atoms. The van der Waals surface area contributed by atoms with Crippen LogP contribution in [0.15, 0.2) is 16.1 Å². The lowest BCUT2D eigenvalue weighted by Crippen LogP contribution is -2.19. The molecule has 2 aliphatic rings. The molecule has 2 aliphatic heterocycles. The number of carboxylic acids is 1. The van der Waals surface area contributed by atoms with Crippen LogP contribution in [-0.2, 0) is 9.59 Å². The Kier molecular flexibility index (Phi) is 1.48. The van der Waals surface area contributed by atoms with Crippen molar-refractivity contribution in [2.24, 2.45) is 4.99 Å². The van der Waals surface area contributed by atoms with Crippen LogP contribution in [0, 0.1) is 0 Å². The third-order valence-corrected chi connectivity index (χ3v) is 2.18. The number of carbonyl (C=O) groups is 2. The number of hydrogen-bond donors (Lipinski definition) is 2. The summed E-state index contributed by atoms with van der Waals surface area (Å²) >= 11 is 0. The van der Waals surface area contributed by atoms with E-state index in [1.165, 1.54) is 0 Å². The molecular weight excluding hydrogens is 172 g/mol. The number of aliphatic carboxylic acids is 1. The number of rotatable bonds is 1. The average molecular weight is 180 g/mol. The number of carbonyl (C=O) groups excluding carboxylic acids is 1. The van der Waals surface area contributed by atoms with E-state index in [0.717, 1.165) is 0 Å². The number of aliphatic imine (C=N–C) groups is 1. The normalized spacial score (nSPS) is 25.8. The summed E-state index contributed by atoms with van der Waals surface area (Å²) in [7, 11) is 0. The van der Waals surface area contributed by atoms with E-state index in [4.69, 9.17) is 5.11 Å². The van der Waals surface area contributed by atoms with Gasteiger partial charge >= 0.3 is 5.97 Å². The van der Waals surface area contributed by atoms with E-state index in [0.29, 0.717) is 11.4 Å². The van der Waals surface area contributed by atoms with Crippen LogP contribution in [0.1, 0.15) is 13.3 Å². The molecule has 2 N–H and O–H groups in total. The summed E-state index contributed by atoms with van der Waals surface area (Å²) in [5.74, 6) is -0.730. The number of nitrogens with zero attached hydrogens (tertiary/aromatic N) is 1. The van der Waals surface area contributed by atoms with Gasteiger partial charge in [-0.25, -0.2) is 4.79 Å². The highest BCUT2D eigenvalue weighted by Gasteiger charge is 2.35. The molecule has 0 bridgehead atoms. The molecule has 1 unspecified atom stereocenters. The maximum atomic E-state index is 10.9. The fraction of sp³-hybridized carbons (Fsp3) is 0.375. The van der Waals surface area contributed by atoms with Crippen LogP contribution < -0.4 is 5.32 Å². The molecule has 0 aromatic carbocycles. The van der Waals surface area contributed by atoms with Gasteiger partial charge in [0.2, 0.25) is 5.91 Å². The van der Waals surface area contributed by atoms with E-state index < -0.39 is 5.97 Å². The SMILES string of the molecule is CC1N=C2NC(=O)CC2=C1C(=O)O. The van der Waals surface area contributed by atoms with E-state index in [2.05, 4.69) is 10.3 Å². The van der Waals surface area contributed by atoms with Crippen molar-refractivity contribution < 1.29 is 14.7 Å². The Labute approximate surface area is 74.2 Å². The Morgan fingerprint density at radius 1 is 1.69 bits per heavy atom. The van der Waals surface area contributed by atoms with Crippen molar-refractivity contribution in [1.29, 1.82) is 0 Å².